The maximum Gasteiger partial charge on any atom is 0.472 e. The summed E-state index contributed by atoms with van der Waals surface area (Å²) in [7, 11) is -9.92. The molecule has 0 aromatic heterocycles. The van der Waals surface area contributed by atoms with E-state index in [4.69, 9.17) is 37.0 Å². The van der Waals surface area contributed by atoms with Crippen LogP contribution in [0.5, 0.6) is 0 Å². The Labute approximate surface area is 638 Å². The minimum atomic E-state index is -4.96. The van der Waals surface area contributed by atoms with Crippen LogP contribution < -0.4 is 0 Å². The van der Waals surface area contributed by atoms with Crippen molar-refractivity contribution >= 4 is 39.5 Å². The molecule has 0 aliphatic rings. The summed E-state index contributed by atoms with van der Waals surface area (Å²) in [6.45, 7) is 5.05. The third-order valence-corrected chi connectivity index (χ3v) is 22.0. The van der Waals surface area contributed by atoms with Crippen molar-refractivity contribution in [3.63, 3.8) is 0 Å². The van der Waals surface area contributed by atoms with Crippen LogP contribution in [-0.2, 0) is 65.4 Å². The number of hydrogen-bond acceptors (Lipinski definition) is 15. The Balaban J connectivity index is 5.23. The van der Waals surface area contributed by atoms with Crippen LogP contribution in [0.25, 0.3) is 0 Å². The average Bonchev–Trinajstić information content (AvgIpc) is 0.930. The third kappa shape index (κ3) is 78.2. The van der Waals surface area contributed by atoms with Gasteiger partial charge in [-0.15, -0.1) is 0 Å². The topological polar surface area (TPSA) is 237 Å². The van der Waals surface area contributed by atoms with Gasteiger partial charge in [-0.2, -0.15) is 0 Å². The predicted molar refractivity (Wildman–Crippen MR) is 428 cm³/mol. The highest BCUT2D eigenvalue weighted by Gasteiger charge is 2.30. The van der Waals surface area contributed by atoms with Crippen LogP contribution in [0, 0.1) is 0 Å². The summed E-state index contributed by atoms with van der Waals surface area (Å²) < 4.78 is 68.9. The highest BCUT2D eigenvalue weighted by Crippen LogP contribution is 2.45. The zero-order valence-corrected chi connectivity index (χ0v) is 69.8. The Morgan fingerprint density at radius 1 is 0.231 bits per heavy atom. The molecule has 19 heteroatoms. The van der Waals surface area contributed by atoms with Gasteiger partial charge in [0.15, 0.2) is 12.2 Å². The first-order valence-corrected chi connectivity index (χ1v) is 47.3. The summed E-state index contributed by atoms with van der Waals surface area (Å²) in [5.74, 6) is -2.10. The number of rotatable bonds is 86. The first kappa shape index (κ1) is 102. The molecule has 0 fully saturated rings. The van der Waals surface area contributed by atoms with Crippen LogP contribution in [0.15, 0.2) is 0 Å². The second kappa shape index (κ2) is 79.2. The predicted octanol–water partition coefficient (Wildman–Crippen LogP) is 26.1. The van der Waals surface area contributed by atoms with E-state index in [1.54, 1.807) is 0 Å². The van der Waals surface area contributed by atoms with Crippen molar-refractivity contribution in [2.24, 2.45) is 0 Å². The Morgan fingerprint density at radius 3 is 0.567 bits per heavy atom. The highest BCUT2D eigenvalue weighted by atomic mass is 31.2. The molecule has 0 aromatic carbocycles. The largest absolute Gasteiger partial charge is 0.472 e. The molecule has 0 aliphatic heterocycles. The number of phosphoric ester groups is 2. The summed E-state index contributed by atoms with van der Waals surface area (Å²) in [5.41, 5.74) is 0. The van der Waals surface area contributed by atoms with Gasteiger partial charge in [0.2, 0.25) is 0 Å². The normalized spacial score (nSPS) is 13.7. The Bertz CT molecular complexity index is 1960. The molecule has 0 heterocycles. The highest BCUT2D eigenvalue weighted by molar-refractivity contribution is 7.47. The monoisotopic (exact) mass is 1520 g/mol. The van der Waals surface area contributed by atoms with Crippen LogP contribution in [-0.4, -0.2) is 96.7 Å². The van der Waals surface area contributed by atoms with Crippen LogP contribution in [0.2, 0.25) is 0 Å². The summed E-state index contributed by atoms with van der Waals surface area (Å²) in [5, 5.41) is 10.7. The maximum atomic E-state index is 13.1. The standard InChI is InChI=1S/C85H166O17P2/c1-5-9-13-17-21-25-29-32-35-37-39-40-41-43-45-48-52-56-60-64-68-72-85(90)102-81(76-96-83(88)70-66-62-58-54-50-47-44-42-38-36-33-30-26-22-18-14-10-6-2)78-100-104(93,94)98-74-79(86)73-97-103(91,92)99-77-80(75-95-82(87)69-65-61-57-53-49-28-24-20-16-12-8-4)101-84(89)71-67-63-59-55-51-46-34-31-27-23-19-15-11-7-3/h79-81,86H,5-78H2,1-4H3,(H,91,92)(H,93,94)/t79-,80+,81+/m0/s1. The second-order valence-electron chi connectivity index (χ2n) is 30.6. The Morgan fingerprint density at radius 2 is 0.385 bits per heavy atom. The number of unbranched alkanes of at least 4 members (excludes halogenated alkanes) is 60. The van der Waals surface area contributed by atoms with Gasteiger partial charge in [0.1, 0.15) is 19.3 Å². The van der Waals surface area contributed by atoms with Gasteiger partial charge in [0.05, 0.1) is 26.4 Å². The van der Waals surface area contributed by atoms with E-state index in [0.29, 0.717) is 25.7 Å². The fourth-order valence-corrected chi connectivity index (χ4v) is 14.9. The van der Waals surface area contributed by atoms with E-state index in [9.17, 15) is 43.2 Å². The van der Waals surface area contributed by atoms with Crippen molar-refractivity contribution in [2.45, 2.75) is 483 Å². The molecule has 2 unspecified atom stereocenters. The van der Waals surface area contributed by atoms with E-state index in [1.807, 2.05) is 0 Å². The maximum absolute atomic E-state index is 13.1. The van der Waals surface area contributed by atoms with Gasteiger partial charge < -0.3 is 33.8 Å². The molecule has 17 nitrogen and oxygen atoms in total. The Kier molecular flexibility index (Phi) is 77.7. The number of carbonyl (C=O) groups is 4. The van der Waals surface area contributed by atoms with Crippen molar-refractivity contribution in [1.82, 2.24) is 0 Å². The number of carbonyl (C=O) groups excluding carboxylic acids is 4. The SMILES string of the molecule is CCCCCCCCCCCCCCCCCCCCCCCC(=O)O[C@H](COC(=O)CCCCCCCCCCCCCCCCCCCC)COP(=O)(O)OC[C@@H](O)COP(=O)(O)OC[C@@H](COC(=O)CCCCCCCCCCCCC)OC(=O)CCCCCCCCCCCCCCCC. The fourth-order valence-electron chi connectivity index (χ4n) is 13.3. The van der Waals surface area contributed by atoms with E-state index in [2.05, 4.69) is 27.7 Å². The molecule has 0 saturated heterocycles. The lowest BCUT2D eigenvalue weighted by Gasteiger charge is -2.21. The van der Waals surface area contributed by atoms with Crippen LogP contribution in [0.4, 0.5) is 0 Å². The van der Waals surface area contributed by atoms with Gasteiger partial charge >= 0.3 is 39.5 Å². The van der Waals surface area contributed by atoms with E-state index >= 15 is 0 Å². The Hall–Kier alpha value is -1.94. The lowest BCUT2D eigenvalue weighted by Crippen LogP contribution is -2.30. The van der Waals surface area contributed by atoms with Crippen molar-refractivity contribution in [1.29, 1.82) is 0 Å². The lowest BCUT2D eigenvalue weighted by atomic mass is 10.0. The van der Waals surface area contributed by atoms with Crippen molar-refractivity contribution < 1.29 is 80.2 Å². The molecule has 0 aliphatic carbocycles. The number of phosphoric acid groups is 2. The molecule has 0 amide bonds. The molecule has 104 heavy (non-hydrogen) atoms. The summed E-state index contributed by atoms with van der Waals surface area (Å²) in [6.07, 6.45) is 73.6. The average molecular weight is 1520 g/mol. The second-order valence-corrected chi connectivity index (χ2v) is 33.5. The molecular formula is C85H166O17P2. The molecule has 618 valence electrons. The summed E-state index contributed by atoms with van der Waals surface area (Å²) in [4.78, 5) is 73.2. The van der Waals surface area contributed by atoms with Gasteiger partial charge in [-0.25, -0.2) is 9.13 Å². The number of ether oxygens (including phenoxy) is 4. The van der Waals surface area contributed by atoms with Crippen LogP contribution in [0.1, 0.15) is 464 Å². The zero-order valence-electron chi connectivity index (χ0n) is 68.0. The molecular weight excluding hydrogens is 1350 g/mol. The molecule has 5 atom stereocenters. The minimum Gasteiger partial charge on any atom is -0.462 e. The zero-order chi connectivity index (χ0) is 76.0. The van der Waals surface area contributed by atoms with Gasteiger partial charge in [0, 0.05) is 25.7 Å². The van der Waals surface area contributed by atoms with E-state index in [1.165, 1.54) is 295 Å². The summed E-state index contributed by atoms with van der Waals surface area (Å²) >= 11 is 0. The van der Waals surface area contributed by atoms with Gasteiger partial charge in [-0.1, -0.05) is 413 Å². The molecule has 0 spiro atoms. The fraction of sp³-hybridized carbons (Fsp3) is 0.953. The molecule has 3 N–H and O–H groups in total. The van der Waals surface area contributed by atoms with Gasteiger partial charge in [-0.05, 0) is 25.7 Å². The van der Waals surface area contributed by atoms with Gasteiger partial charge in [-0.3, -0.25) is 37.3 Å². The number of esters is 4. The minimum absolute atomic E-state index is 0.109. The third-order valence-electron chi connectivity index (χ3n) is 20.1. The quantitative estimate of drug-likeness (QED) is 0.0222. The van der Waals surface area contributed by atoms with Crippen molar-refractivity contribution in [3.05, 3.63) is 0 Å². The number of aliphatic hydroxyl groups excluding tert-OH is 1. The summed E-state index contributed by atoms with van der Waals surface area (Å²) in [6, 6.07) is 0. The van der Waals surface area contributed by atoms with E-state index < -0.39 is 97.5 Å². The smallest absolute Gasteiger partial charge is 0.462 e. The van der Waals surface area contributed by atoms with Crippen LogP contribution >= 0.6 is 15.6 Å². The van der Waals surface area contributed by atoms with E-state index in [0.717, 1.165) is 89.9 Å². The lowest BCUT2D eigenvalue weighted by molar-refractivity contribution is -0.161. The number of hydrogen-bond donors (Lipinski definition) is 3. The van der Waals surface area contributed by atoms with Crippen molar-refractivity contribution in [2.75, 3.05) is 39.6 Å². The molecule has 0 rings (SSSR count). The molecule has 0 radical (unpaired) electrons. The van der Waals surface area contributed by atoms with Crippen LogP contribution in [0.3, 0.4) is 0 Å². The molecule has 0 saturated carbocycles. The van der Waals surface area contributed by atoms with Gasteiger partial charge in [0.25, 0.3) is 0 Å². The first-order valence-electron chi connectivity index (χ1n) is 44.3. The van der Waals surface area contributed by atoms with E-state index in [-0.39, 0.29) is 25.7 Å². The number of aliphatic hydroxyl groups is 1. The van der Waals surface area contributed by atoms with Crippen molar-refractivity contribution in [3.8, 4) is 0 Å². The first-order chi connectivity index (χ1) is 50.7. The molecule has 0 bridgehead atoms. The molecule has 0 aromatic rings.